The average Bonchev–Trinajstić information content (AvgIpc) is 2.39. The molecule has 0 aliphatic carbocycles. The van der Waals surface area contributed by atoms with E-state index >= 15 is 0 Å². The van der Waals surface area contributed by atoms with Gasteiger partial charge in [-0.3, -0.25) is 0 Å². The van der Waals surface area contributed by atoms with Crippen molar-refractivity contribution in [2.24, 2.45) is 0 Å². The van der Waals surface area contributed by atoms with Crippen molar-refractivity contribution < 1.29 is 0 Å². The molecular formula is C14H11ClN2S. The standard InChI is InChI=1S/C14H11ClN2S/c1-18-13-4-2-3-12(8-13)17-14-7-11(15)6-5-10(14)9-16/h2-8,17H,1H3. The smallest absolute Gasteiger partial charge is 0.101 e. The maximum atomic E-state index is 9.05. The molecule has 0 radical (unpaired) electrons. The van der Waals surface area contributed by atoms with Gasteiger partial charge in [-0.05, 0) is 42.7 Å². The van der Waals surface area contributed by atoms with Gasteiger partial charge in [0.2, 0.25) is 0 Å². The molecule has 0 bridgehead atoms. The lowest BCUT2D eigenvalue weighted by Crippen LogP contribution is -1.93. The van der Waals surface area contributed by atoms with Crippen LogP contribution in [0.25, 0.3) is 0 Å². The normalized spacial score (nSPS) is 9.83. The Morgan fingerprint density at radius 2 is 2.06 bits per heavy atom. The largest absolute Gasteiger partial charge is 0.354 e. The lowest BCUT2D eigenvalue weighted by Gasteiger charge is -2.09. The molecule has 0 amide bonds. The highest BCUT2D eigenvalue weighted by Gasteiger charge is 2.03. The summed E-state index contributed by atoms with van der Waals surface area (Å²) in [5.74, 6) is 0. The van der Waals surface area contributed by atoms with E-state index < -0.39 is 0 Å². The summed E-state index contributed by atoms with van der Waals surface area (Å²) >= 11 is 7.62. The molecule has 0 aliphatic heterocycles. The van der Waals surface area contributed by atoms with Crippen LogP contribution in [0, 0.1) is 11.3 Å². The van der Waals surface area contributed by atoms with Gasteiger partial charge in [0.1, 0.15) is 6.07 Å². The molecule has 0 spiro atoms. The van der Waals surface area contributed by atoms with Crippen molar-refractivity contribution in [1.82, 2.24) is 0 Å². The maximum absolute atomic E-state index is 9.05. The van der Waals surface area contributed by atoms with Crippen LogP contribution in [0.5, 0.6) is 0 Å². The van der Waals surface area contributed by atoms with Gasteiger partial charge in [-0.2, -0.15) is 5.26 Å². The molecule has 1 N–H and O–H groups in total. The van der Waals surface area contributed by atoms with Gasteiger partial charge in [0, 0.05) is 15.6 Å². The van der Waals surface area contributed by atoms with Crippen LogP contribution >= 0.6 is 23.4 Å². The van der Waals surface area contributed by atoms with Gasteiger partial charge in [0.15, 0.2) is 0 Å². The second-order valence-corrected chi connectivity index (χ2v) is 4.97. The lowest BCUT2D eigenvalue weighted by molar-refractivity contribution is 1.42. The van der Waals surface area contributed by atoms with Crippen molar-refractivity contribution in [1.29, 1.82) is 5.26 Å². The van der Waals surface area contributed by atoms with Crippen molar-refractivity contribution in [3.63, 3.8) is 0 Å². The Morgan fingerprint density at radius 1 is 1.22 bits per heavy atom. The molecule has 0 fully saturated rings. The van der Waals surface area contributed by atoms with E-state index in [1.807, 2.05) is 30.5 Å². The first-order valence-corrected chi connectivity index (χ1v) is 6.94. The van der Waals surface area contributed by atoms with Gasteiger partial charge in [0.05, 0.1) is 11.3 Å². The first-order valence-electron chi connectivity index (χ1n) is 5.33. The van der Waals surface area contributed by atoms with Crippen LogP contribution in [-0.2, 0) is 0 Å². The molecule has 0 aromatic heterocycles. The zero-order valence-corrected chi connectivity index (χ0v) is 11.3. The molecule has 0 atom stereocenters. The average molecular weight is 275 g/mol. The topological polar surface area (TPSA) is 35.8 Å². The SMILES string of the molecule is CSc1cccc(Nc2cc(Cl)ccc2C#N)c1. The van der Waals surface area contributed by atoms with Gasteiger partial charge in [-0.15, -0.1) is 11.8 Å². The first-order chi connectivity index (χ1) is 8.72. The monoisotopic (exact) mass is 274 g/mol. The van der Waals surface area contributed by atoms with Crippen LogP contribution in [0.4, 0.5) is 11.4 Å². The minimum Gasteiger partial charge on any atom is -0.354 e. The number of benzene rings is 2. The van der Waals surface area contributed by atoms with Crippen molar-refractivity contribution in [3.8, 4) is 6.07 Å². The Kier molecular flexibility index (Phi) is 4.14. The molecule has 4 heteroatoms. The summed E-state index contributed by atoms with van der Waals surface area (Å²) in [6.45, 7) is 0. The molecule has 0 heterocycles. The highest BCUT2D eigenvalue weighted by molar-refractivity contribution is 7.98. The lowest BCUT2D eigenvalue weighted by atomic mass is 10.2. The fraction of sp³-hybridized carbons (Fsp3) is 0.0714. The summed E-state index contributed by atoms with van der Waals surface area (Å²) < 4.78 is 0. The Labute approximate surface area is 116 Å². The zero-order valence-electron chi connectivity index (χ0n) is 9.77. The number of hydrogen-bond donors (Lipinski definition) is 1. The quantitative estimate of drug-likeness (QED) is 0.826. The van der Waals surface area contributed by atoms with E-state index in [0.29, 0.717) is 10.6 Å². The molecule has 2 nitrogen and oxygen atoms in total. The van der Waals surface area contributed by atoms with Crippen LogP contribution in [0.3, 0.4) is 0 Å². The third-order valence-electron chi connectivity index (χ3n) is 2.45. The van der Waals surface area contributed by atoms with Crippen LogP contribution in [0.1, 0.15) is 5.56 Å². The molecule has 2 aromatic carbocycles. The molecule has 0 saturated carbocycles. The molecule has 2 aromatic rings. The van der Waals surface area contributed by atoms with E-state index in [2.05, 4.69) is 11.4 Å². The van der Waals surface area contributed by atoms with Gasteiger partial charge in [-0.25, -0.2) is 0 Å². The van der Waals surface area contributed by atoms with Crippen molar-refractivity contribution >= 4 is 34.7 Å². The number of nitrogens with one attached hydrogen (secondary N) is 1. The molecular weight excluding hydrogens is 264 g/mol. The highest BCUT2D eigenvalue weighted by Crippen LogP contribution is 2.26. The zero-order chi connectivity index (χ0) is 13.0. The maximum Gasteiger partial charge on any atom is 0.101 e. The Balaban J connectivity index is 2.33. The van der Waals surface area contributed by atoms with Gasteiger partial charge < -0.3 is 5.32 Å². The number of rotatable bonds is 3. The molecule has 90 valence electrons. The van der Waals surface area contributed by atoms with E-state index in [9.17, 15) is 0 Å². The number of nitrogens with zero attached hydrogens (tertiary/aromatic N) is 1. The van der Waals surface area contributed by atoms with Gasteiger partial charge in [0.25, 0.3) is 0 Å². The number of hydrogen-bond acceptors (Lipinski definition) is 3. The number of nitriles is 1. The molecule has 0 aliphatic rings. The fourth-order valence-electron chi connectivity index (χ4n) is 1.57. The molecule has 18 heavy (non-hydrogen) atoms. The third-order valence-corrected chi connectivity index (χ3v) is 3.41. The van der Waals surface area contributed by atoms with Crippen molar-refractivity contribution in [2.75, 3.05) is 11.6 Å². The predicted octanol–water partition coefficient (Wildman–Crippen LogP) is 4.68. The molecule has 2 rings (SSSR count). The van der Waals surface area contributed by atoms with Crippen LogP contribution in [-0.4, -0.2) is 6.26 Å². The van der Waals surface area contributed by atoms with E-state index in [-0.39, 0.29) is 0 Å². The molecule has 0 unspecified atom stereocenters. The summed E-state index contributed by atoms with van der Waals surface area (Å²) in [7, 11) is 0. The van der Waals surface area contributed by atoms with Crippen molar-refractivity contribution in [2.45, 2.75) is 4.90 Å². The minimum atomic E-state index is 0.578. The Morgan fingerprint density at radius 3 is 2.78 bits per heavy atom. The minimum absolute atomic E-state index is 0.578. The number of thioether (sulfide) groups is 1. The van der Waals surface area contributed by atoms with E-state index in [4.69, 9.17) is 16.9 Å². The second kappa shape index (κ2) is 5.81. The van der Waals surface area contributed by atoms with Crippen LogP contribution < -0.4 is 5.32 Å². The Bertz CT molecular complexity index is 605. The van der Waals surface area contributed by atoms with E-state index in [1.54, 1.807) is 30.0 Å². The van der Waals surface area contributed by atoms with Crippen molar-refractivity contribution in [3.05, 3.63) is 53.1 Å². The van der Waals surface area contributed by atoms with E-state index in [1.165, 1.54) is 4.90 Å². The van der Waals surface area contributed by atoms with Gasteiger partial charge in [-0.1, -0.05) is 17.7 Å². The fourth-order valence-corrected chi connectivity index (χ4v) is 2.21. The number of halogens is 1. The molecule has 0 saturated heterocycles. The summed E-state index contributed by atoms with van der Waals surface area (Å²) in [5.41, 5.74) is 2.25. The first kappa shape index (κ1) is 12.8. The van der Waals surface area contributed by atoms with Crippen LogP contribution in [0.2, 0.25) is 5.02 Å². The van der Waals surface area contributed by atoms with E-state index in [0.717, 1.165) is 11.4 Å². The Hall–Kier alpha value is -1.63. The predicted molar refractivity (Wildman–Crippen MR) is 77.7 cm³/mol. The summed E-state index contributed by atoms with van der Waals surface area (Å²) in [6.07, 6.45) is 2.03. The highest BCUT2D eigenvalue weighted by atomic mass is 35.5. The second-order valence-electron chi connectivity index (χ2n) is 3.66. The summed E-state index contributed by atoms with van der Waals surface area (Å²) in [6, 6.07) is 15.3. The third kappa shape index (κ3) is 2.98. The summed E-state index contributed by atoms with van der Waals surface area (Å²) in [5, 5.41) is 12.9. The van der Waals surface area contributed by atoms with Crippen LogP contribution in [0.15, 0.2) is 47.4 Å². The van der Waals surface area contributed by atoms with Gasteiger partial charge >= 0.3 is 0 Å². The summed E-state index contributed by atoms with van der Waals surface area (Å²) in [4.78, 5) is 1.17. The number of anilines is 2.